The Morgan fingerprint density at radius 2 is 1.22 bits per heavy atom. The number of unbranched alkanes of at least 4 members (excludes halogenated alkanes) is 15. The van der Waals surface area contributed by atoms with Crippen molar-refractivity contribution in [1.29, 1.82) is 0 Å². The molecule has 0 aliphatic carbocycles. The second kappa shape index (κ2) is 31.9. The fourth-order valence-corrected chi connectivity index (χ4v) is 5.83. The van der Waals surface area contributed by atoms with Crippen molar-refractivity contribution in [3.05, 3.63) is 48.6 Å². The van der Waals surface area contributed by atoms with E-state index in [1.165, 1.54) is 64.2 Å². The van der Waals surface area contributed by atoms with Crippen LogP contribution in [0.2, 0.25) is 0 Å². The van der Waals surface area contributed by atoms with Gasteiger partial charge in [0.2, 0.25) is 5.91 Å². The first-order valence-electron chi connectivity index (χ1n) is 19.9. The fourth-order valence-electron chi connectivity index (χ4n) is 5.83. The summed E-state index contributed by atoms with van der Waals surface area (Å²) in [6, 6.07) is -0.820. The normalized spacial score (nSPS) is 22.7. The topological polar surface area (TPSA) is 149 Å². The number of hydrogen-bond donors (Lipinski definition) is 6. The number of amides is 1. The number of carbonyl (C=O) groups excluding carboxylic acids is 1. The molecule has 0 radical (unpaired) electrons. The maximum absolute atomic E-state index is 12.8. The minimum absolute atomic E-state index is 0.198. The highest BCUT2D eigenvalue weighted by molar-refractivity contribution is 5.76. The van der Waals surface area contributed by atoms with Crippen molar-refractivity contribution in [3.8, 4) is 0 Å². The Morgan fingerprint density at radius 3 is 1.86 bits per heavy atom. The molecule has 7 atom stereocenters. The molecule has 0 aromatic carbocycles. The molecule has 0 aromatic rings. The van der Waals surface area contributed by atoms with Crippen LogP contribution in [0, 0.1) is 0 Å². The molecule has 50 heavy (non-hydrogen) atoms. The van der Waals surface area contributed by atoms with Crippen LogP contribution in [0.25, 0.3) is 0 Å². The third kappa shape index (κ3) is 22.9. The van der Waals surface area contributed by atoms with Crippen molar-refractivity contribution in [2.45, 2.75) is 192 Å². The summed E-state index contributed by atoms with van der Waals surface area (Å²) >= 11 is 0. The molecular weight excluding hydrogens is 634 g/mol. The molecule has 0 aromatic heterocycles. The standard InChI is InChI=1S/C41H73NO8/c1-3-5-7-9-11-13-14-15-16-17-18-19-20-21-22-23-25-27-29-31-37(45)42-34(35(44)30-28-26-24-12-10-8-6-4-2)33-49-41-40(48)39(47)38(46)36(32-43)50-41/h10-13,15-16,28,30,34-36,38-41,43-44,46-48H,3-9,14,17-27,29,31-33H2,1-2H3,(H,42,45)/b12-10+,13-11-,16-15-,30-28+. The Balaban J connectivity index is 2.35. The van der Waals surface area contributed by atoms with Gasteiger partial charge < -0.3 is 40.3 Å². The first-order valence-corrected chi connectivity index (χ1v) is 19.9. The van der Waals surface area contributed by atoms with Crippen LogP contribution in [0.1, 0.15) is 149 Å². The van der Waals surface area contributed by atoms with Gasteiger partial charge in [-0.2, -0.15) is 0 Å². The van der Waals surface area contributed by atoms with Gasteiger partial charge in [0, 0.05) is 6.42 Å². The zero-order valence-corrected chi connectivity index (χ0v) is 31.4. The van der Waals surface area contributed by atoms with Crippen LogP contribution < -0.4 is 5.32 Å². The van der Waals surface area contributed by atoms with E-state index in [4.69, 9.17) is 9.47 Å². The highest BCUT2D eigenvalue weighted by atomic mass is 16.7. The number of nitrogens with one attached hydrogen (secondary N) is 1. The first-order chi connectivity index (χ1) is 24.3. The summed E-state index contributed by atoms with van der Waals surface area (Å²) in [7, 11) is 0. The van der Waals surface area contributed by atoms with E-state index in [2.05, 4.69) is 55.6 Å². The minimum atomic E-state index is -1.57. The lowest BCUT2D eigenvalue weighted by molar-refractivity contribution is -0.302. The maximum Gasteiger partial charge on any atom is 0.220 e. The Bertz CT molecular complexity index is 920. The van der Waals surface area contributed by atoms with Gasteiger partial charge in [0.15, 0.2) is 6.29 Å². The van der Waals surface area contributed by atoms with E-state index in [-0.39, 0.29) is 12.5 Å². The third-order valence-corrected chi connectivity index (χ3v) is 9.13. The molecule has 9 nitrogen and oxygen atoms in total. The average Bonchev–Trinajstić information content (AvgIpc) is 3.11. The molecule has 0 bridgehead atoms. The van der Waals surface area contributed by atoms with Gasteiger partial charge in [0.05, 0.1) is 25.4 Å². The smallest absolute Gasteiger partial charge is 0.220 e. The number of aliphatic hydroxyl groups excluding tert-OH is 5. The fraction of sp³-hybridized carbons (Fsp3) is 0.780. The van der Waals surface area contributed by atoms with Gasteiger partial charge in [-0.3, -0.25) is 4.79 Å². The van der Waals surface area contributed by atoms with Crippen LogP contribution >= 0.6 is 0 Å². The van der Waals surface area contributed by atoms with Gasteiger partial charge >= 0.3 is 0 Å². The van der Waals surface area contributed by atoms with Crippen LogP contribution in [-0.2, 0) is 14.3 Å². The zero-order chi connectivity index (χ0) is 36.7. The Morgan fingerprint density at radius 1 is 0.680 bits per heavy atom. The van der Waals surface area contributed by atoms with E-state index >= 15 is 0 Å². The summed E-state index contributed by atoms with van der Waals surface area (Å²) in [5, 5.41) is 53.7. The highest BCUT2D eigenvalue weighted by Crippen LogP contribution is 2.22. The second-order valence-corrected chi connectivity index (χ2v) is 13.7. The predicted molar refractivity (Wildman–Crippen MR) is 203 cm³/mol. The van der Waals surface area contributed by atoms with Gasteiger partial charge in [-0.25, -0.2) is 0 Å². The molecule has 7 unspecified atom stereocenters. The van der Waals surface area contributed by atoms with Crippen molar-refractivity contribution in [1.82, 2.24) is 5.32 Å². The van der Waals surface area contributed by atoms with Crippen molar-refractivity contribution in [3.63, 3.8) is 0 Å². The molecule has 1 saturated heterocycles. The van der Waals surface area contributed by atoms with E-state index in [0.29, 0.717) is 6.42 Å². The molecule has 1 aliphatic rings. The van der Waals surface area contributed by atoms with Crippen LogP contribution in [0.5, 0.6) is 0 Å². The molecule has 1 rings (SSSR count). The average molecular weight is 708 g/mol. The molecule has 1 fully saturated rings. The maximum atomic E-state index is 12.8. The lowest BCUT2D eigenvalue weighted by atomic mass is 9.99. The van der Waals surface area contributed by atoms with Gasteiger partial charge in [0.1, 0.15) is 24.4 Å². The van der Waals surface area contributed by atoms with Crippen LogP contribution in [0.15, 0.2) is 48.6 Å². The molecule has 0 spiro atoms. The number of carbonyl (C=O) groups is 1. The number of aliphatic hydroxyl groups is 5. The lowest BCUT2D eigenvalue weighted by Crippen LogP contribution is -2.60. The molecule has 290 valence electrons. The van der Waals surface area contributed by atoms with E-state index in [0.717, 1.165) is 64.2 Å². The zero-order valence-electron chi connectivity index (χ0n) is 31.4. The third-order valence-electron chi connectivity index (χ3n) is 9.13. The number of hydrogen-bond acceptors (Lipinski definition) is 8. The summed E-state index contributed by atoms with van der Waals surface area (Å²) in [4.78, 5) is 12.8. The minimum Gasteiger partial charge on any atom is -0.394 e. The Labute approximate surface area is 303 Å². The molecule has 1 aliphatic heterocycles. The van der Waals surface area contributed by atoms with Crippen molar-refractivity contribution in [2.24, 2.45) is 0 Å². The van der Waals surface area contributed by atoms with Crippen LogP contribution in [-0.4, -0.2) is 87.5 Å². The van der Waals surface area contributed by atoms with Crippen molar-refractivity contribution < 1.29 is 39.8 Å². The largest absolute Gasteiger partial charge is 0.394 e. The monoisotopic (exact) mass is 708 g/mol. The first kappa shape index (κ1) is 46.2. The van der Waals surface area contributed by atoms with Crippen molar-refractivity contribution >= 4 is 5.91 Å². The van der Waals surface area contributed by atoms with Gasteiger partial charge in [-0.1, -0.05) is 133 Å². The Kier molecular flexibility index (Phi) is 29.4. The second-order valence-electron chi connectivity index (χ2n) is 13.7. The quantitative estimate of drug-likeness (QED) is 0.0330. The number of allylic oxidation sites excluding steroid dienone is 7. The summed E-state index contributed by atoms with van der Waals surface area (Å²) in [6.07, 6.45) is 31.7. The summed E-state index contributed by atoms with van der Waals surface area (Å²) in [5.41, 5.74) is 0. The Hall–Kier alpha value is -1.85. The highest BCUT2D eigenvalue weighted by Gasteiger charge is 2.44. The van der Waals surface area contributed by atoms with Gasteiger partial charge in [0.25, 0.3) is 0 Å². The summed E-state index contributed by atoms with van der Waals surface area (Å²) in [5.74, 6) is -0.198. The van der Waals surface area contributed by atoms with Crippen molar-refractivity contribution in [2.75, 3.05) is 13.2 Å². The number of ether oxygens (including phenoxy) is 2. The van der Waals surface area contributed by atoms with E-state index in [1.807, 2.05) is 6.08 Å². The SMILES string of the molecule is CCCC/C=C/CC/C=C/C(O)C(COC1OC(CO)C(O)C(O)C1O)NC(=O)CCCCCCCCCCC/C=C\C/C=C\CCCCC. The lowest BCUT2D eigenvalue weighted by Gasteiger charge is -2.40. The molecule has 1 amide bonds. The van der Waals surface area contributed by atoms with Gasteiger partial charge in [-0.05, 0) is 57.8 Å². The predicted octanol–water partition coefficient (Wildman–Crippen LogP) is 7.11. The van der Waals surface area contributed by atoms with E-state index < -0.39 is 49.5 Å². The molecule has 6 N–H and O–H groups in total. The molecule has 0 saturated carbocycles. The molecular formula is C41H73NO8. The summed E-state index contributed by atoms with van der Waals surface area (Å²) in [6.45, 7) is 3.62. The van der Waals surface area contributed by atoms with Crippen LogP contribution in [0.4, 0.5) is 0 Å². The van der Waals surface area contributed by atoms with E-state index in [9.17, 15) is 30.3 Å². The molecule has 9 heteroatoms. The van der Waals surface area contributed by atoms with E-state index in [1.54, 1.807) is 6.08 Å². The summed E-state index contributed by atoms with van der Waals surface area (Å²) < 4.78 is 11.1. The van der Waals surface area contributed by atoms with Gasteiger partial charge in [-0.15, -0.1) is 0 Å². The van der Waals surface area contributed by atoms with Crippen LogP contribution in [0.3, 0.4) is 0 Å². The number of rotatable bonds is 31. The molecule has 1 heterocycles.